The molecule has 0 spiro atoms. The molecule has 1 amide bonds. The predicted octanol–water partition coefficient (Wildman–Crippen LogP) is 4.26. The van der Waals surface area contributed by atoms with Crippen molar-refractivity contribution < 1.29 is 14.3 Å². The van der Waals surface area contributed by atoms with Crippen LogP contribution in [0.4, 0.5) is 0 Å². The van der Waals surface area contributed by atoms with E-state index in [0.717, 1.165) is 16.8 Å². The molecule has 164 valence electrons. The Hall–Kier alpha value is -3.22. The molecule has 0 fully saturated rings. The van der Waals surface area contributed by atoms with Crippen LogP contribution >= 0.6 is 0 Å². The summed E-state index contributed by atoms with van der Waals surface area (Å²) < 4.78 is 6.66. The van der Waals surface area contributed by atoms with E-state index in [0.29, 0.717) is 23.1 Å². The summed E-state index contributed by atoms with van der Waals surface area (Å²) in [5, 5.41) is 5.19. The molecule has 7 nitrogen and oxygen atoms in total. The number of carbonyl (C=O) groups is 2. The molecule has 31 heavy (non-hydrogen) atoms. The lowest BCUT2D eigenvalue weighted by Crippen LogP contribution is -2.37. The average Bonchev–Trinajstić information content (AvgIpc) is 3.20. The summed E-state index contributed by atoms with van der Waals surface area (Å²) in [4.78, 5) is 32.0. The zero-order valence-corrected chi connectivity index (χ0v) is 19.0. The Labute approximate surface area is 183 Å². The number of rotatable bonds is 7. The van der Waals surface area contributed by atoms with Crippen LogP contribution in [0.5, 0.6) is 0 Å². The molecular weight excluding hydrogens is 392 g/mol. The highest BCUT2D eigenvalue weighted by atomic mass is 16.5. The van der Waals surface area contributed by atoms with Crippen LogP contribution < -0.4 is 0 Å². The van der Waals surface area contributed by atoms with Gasteiger partial charge >= 0.3 is 5.97 Å². The summed E-state index contributed by atoms with van der Waals surface area (Å²) in [6.07, 6.45) is 1.70. The summed E-state index contributed by atoms with van der Waals surface area (Å²) in [6, 6.07) is 9.99. The highest BCUT2D eigenvalue weighted by Gasteiger charge is 2.25. The first-order valence-corrected chi connectivity index (χ1v) is 10.6. The van der Waals surface area contributed by atoms with Crippen LogP contribution in [-0.4, -0.2) is 51.7 Å². The van der Waals surface area contributed by atoms with E-state index in [1.807, 2.05) is 62.7 Å². The molecule has 2 aromatic heterocycles. The van der Waals surface area contributed by atoms with Crippen LogP contribution in [0, 0.1) is 12.8 Å². The number of fused-ring (bicyclic) bond motifs is 1. The van der Waals surface area contributed by atoms with Gasteiger partial charge in [0, 0.05) is 24.7 Å². The first-order chi connectivity index (χ1) is 14.8. The van der Waals surface area contributed by atoms with E-state index in [-0.39, 0.29) is 24.5 Å². The van der Waals surface area contributed by atoms with Gasteiger partial charge in [-0.25, -0.2) is 9.67 Å². The minimum absolute atomic E-state index is 0.0999. The van der Waals surface area contributed by atoms with Crippen molar-refractivity contribution in [2.75, 3.05) is 20.2 Å². The largest absolute Gasteiger partial charge is 0.469 e. The highest BCUT2D eigenvalue weighted by molar-refractivity contribution is 6.06. The van der Waals surface area contributed by atoms with E-state index in [4.69, 9.17) is 9.72 Å². The molecule has 1 atom stereocenters. The summed E-state index contributed by atoms with van der Waals surface area (Å²) in [5.74, 6) is -0.900. The normalized spacial score (nSPS) is 12.2. The number of nitrogens with zero attached hydrogens (tertiary/aromatic N) is 4. The van der Waals surface area contributed by atoms with Crippen LogP contribution in [0.3, 0.4) is 0 Å². The van der Waals surface area contributed by atoms with Crippen molar-refractivity contribution in [1.29, 1.82) is 0 Å². The molecule has 0 saturated heterocycles. The fourth-order valence-electron chi connectivity index (χ4n) is 3.58. The zero-order chi connectivity index (χ0) is 22.7. The van der Waals surface area contributed by atoms with Crippen molar-refractivity contribution in [1.82, 2.24) is 19.7 Å². The third kappa shape index (κ3) is 4.60. The molecule has 0 aliphatic rings. The van der Waals surface area contributed by atoms with E-state index in [1.165, 1.54) is 7.11 Å². The monoisotopic (exact) mass is 422 g/mol. The highest BCUT2D eigenvalue weighted by Crippen LogP contribution is 2.27. The topological polar surface area (TPSA) is 77.3 Å². The fourth-order valence-corrected chi connectivity index (χ4v) is 3.58. The van der Waals surface area contributed by atoms with Crippen LogP contribution in [0.2, 0.25) is 0 Å². The van der Waals surface area contributed by atoms with Gasteiger partial charge < -0.3 is 9.64 Å². The maximum Gasteiger partial charge on any atom is 0.310 e. The molecule has 1 aromatic carbocycles. The minimum atomic E-state index is -0.416. The van der Waals surface area contributed by atoms with Gasteiger partial charge in [0.1, 0.15) is 0 Å². The van der Waals surface area contributed by atoms with Gasteiger partial charge in [-0.05, 0) is 33.8 Å². The van der Waals surface area contributed by atoms with Gasteiger partial charge in [0.2, 0.25) is 0 Å². The number of aromatic nitrogens is 3. The van der Waals surface area contributed by atoms with E-state index >= 15 is 0 Å². The van der Waals surface area contributed by atoms with Crippen molar-refractivity contribution in [2.45, 2.75) is 40.7 Å². The second-order valence-electron chi connectivity index (χ2n) is 8.11. The second-order valence-corrected chi connectivity index (χ2v) is 8.11. The smallest absolute Gasteiger partial charge is 0.310 e. The molecule has 0 aliphatic carbocycles. The molecule has 7 heteroatoms. The second kappa shape index (κ2) is 9.29. The van der Waals surface area contributed by atoms with Crippen molar-refractivity contribution in [3.05, 3.63) is 47.7 Å². The molecule has 3 aromatic rings. The lowest BCUT2D eigenvalue weighted by molar-refractivity contribution is -0.145. The number of carbonyl (C=O) groups excluding carboxylic acids is 2. The molecule has 0 radical (unpaired) electrons. The summed E-state index contributed by atoms with van der Waals surface area (Å²) in [5.41, 5.74) is 4.02. The number of benzene rings is 1. The maximum absolute atomic E-state index is 13.6. The van der Waals surface area contributed by atoms with E-state index in [2.05, 4.69) is 5.10 Å². The van der Waals surface area contributed by atoms with Crippen molar-refractivity contribution >= 4 is 22.9 Å². The van der Waals surface area contributed by atoms with E-state index < -0.39 is 5.92 Å². The molecule has 1 unspecified atom stereocenters. The van der Waals surface area contributed by atoms with Crippen LogP contribution in [-0.2, 0) is 9.53 Å². The predicted molar refractivity (Wildman–Crippen MR) is 121 cm³/mol. The Bertz CT molecular complexity index is 1090. The summed E-state index contributed by atoms with van der Waals surface area (Å²) in [6.45, 7) is 10.5. The molecule has 0 N–H and O–H groups in total. The summed E-state index contributed by atoms with van der Waals surface area (Å²) in [7, 11) is 1.36. The zero-order valence-electron chi connectivity index (χ0n) is 19.0. The number of esters is 1. The number of ether oxygens (including phenoxy) is 1. The van der Waals surface area contributed by atoms with Gasteiger partial charge in [-0.15, -0.1) is 0 Å². The molecular formula is C24H30N4O3. The van der Waals surface area contributed by atoms with Crippen LogP contribution in [0.25, 0.3) is 22.3 Å². The van der Waals surface area contributed by atoms with Crippen molar-refractivity contribution in [3.8, 4) is 11.3 Å². The Morgan fingerprint density at radius 2 is 1.84 bits per heavy atom. The summed E-state index contributed by atoms with van der Waals surface area (Å²) >= 11 is 0. The van der Waals surface area contributed by atoms with E-state index in [9.17, 15) is 9.59 Å². The number of methoxy groups -OCH3 is 1. The first kappa shape index (κ1) is 22.5. The lowest BCUT2D eigenvalue weighted by atomic mass is 10.0. The third-order valence-electron chi connectivity index (χ3n) is 5.40. The fraction of sp³-hybridized carbons (Fsp3) is 0.417. The Morgan fingerprint density at radius 3 is 2.42 bits per heavy atom. The molecule has 0 bridgehead atoms. The molecule has 2 heterocycles. The molecule has 3 rings (SSSR count). The van der Waals surface area contributed by atoms with Crippen molar-refractivity contribution in [2.24, 2.45) is 5.92 Å². The Balaban J connectivity index is 2.12. The quantitative estimate of drug-likeness (QED) is 0.532. The van der Waals surface area contributed by atoms with Gasteiger partial charge in [0.25, 0.3) is 5.91 Å². The van der Waals surface area contributed by atoms with Gasteiger partial charge in [0.15, 0.2) is 5.65 Å². The number of aryl methyl sites for hydroxylation is 1. The van der Waals surface area contributed by atoms with Gasteiger partial charge in [-0.1, -0.05) is 36.8 Å². The third-order valence-corrected chi connectivity index (χ3v) is 5.40. The number of hydrogen-bond donors (Lipinski definition) is 0. The number of amides is 1. The van der Waals surface area contributed by atoms with Crippen LogP contribution in [0.1, 0.15) is 49.7 Å². The van der Waals surface area contributed by atoms with Crippen LogP contribution in [0.15, 0.2) is 36.5 Å². The maximum atomic E-state index is 13.6. The van der Waals surface area contributed by atoms with Gasteiger partial charge in [0.05, 0.1) is 35.9 Å². The van der Waals surface area contributed by atoms with Gasteiger partial charge in [-0.2, -0.15) is 5.10 Å². The number of pyridine rings is 1. The minimum Gasteiger partial charge on any atom is -0.469 e. The average molecular weight is 423 g/mol. The standard InChI is InChI=1S/C24H30N4O3/c1-7-27(14-17(5)24(30)31-6)23(29)19-12-21(18-10-8-16(4)9-11-18)26-22-20(19)13-25-28(22)15(2)3/h8-13,15,17H,7,14H2,1-6H3. The van der Waals surface area contributed by atoms with Gasteiger partial charge in [-0.3, -0.25) is 9.59 Å². The molecule has 0 aliphatic heterocycles. The number of hydrogen-bond acceptors (Lipinski definition) is 5. The SMILES string of the molecule is CCN(CC(C)C(=O)OC)C(=O)c1cc(-c2ccc(C)cc2)nc2c1cnn2C(C)C. The van der Waals surface area contributed by atoms with Crippen molar-refractivity contribution in [3.63, 3.8) is 0 Å². The van der Waals surface area contributed by atoms with E-state index in [1.54, 1.807) is 18.0 Å². The lowest BCUT2D eigenvalue weighted by Gasteiger charge is -2.24. The molecule has 0 saturated carbocycles. The Kier molecular flexibility index (Phi) is 6.73. The Morgan fingerprint density at radius 1 is 1.16 bits per heavy atom. The first-order valence-electron chi connectivity index (χ1n) is 10.6.